The van der Waals surface area contributed by atoms with E-state index in [2.05, 4.69) is 0 Å². The highest BCUT2D eigenvalue weighted by atomic mass is 19.2. The summed E-state index contributed by atoms with van der Waals surface area (Å²) in [5.74, 6) is 0.0250. The van der Waals surface area contributed by atoms with Crippen molar-refractivity contribution in [3.05, 3.63) is 54.1 Å². The van der Waals surface area contributed by atoms with E-state index in [-0.39, 0.29) is 12.2 Å². The molecular weight excluding hydrogens is 277 g/mol. The van der Waals surface area contributed by atoms with Gasteiger partial charge in [-0.1, -0.05) is 12.1 Å². The van der Waals surface area contributed by atoms with Crippen molar-refractivity contribution in [1.29, 1.82) is 0 Å². The van der Waals surface area contributed by atoms with Crippen molar-refractivity contribution in [2.45, 2.75) is 12.5 Å². The number of benzene rings is 2. The van der Waals surface area contributed by atoms with Crippen LogP contribution in [0.25, 0.3) is 0 Å². The molecule has 0 aliphatic rings. The van der Waals surface area contributed by atoms with Crippen molar-refractivity contribution < 1.29 is 24.2 Å². The summed E-state index contributed by atoms with van der Waals surface area (Å²) in [6, 6.07) is 11.7. The topological polar surface area (TPSA) is 78.8 Å². The maximum atomic E-state index is 12.3. The van der Waals surface area contributed by atoms with E-state index in [1.165, 1.54) is 17.7 Å². The Balaban J connectivity index is 2.01. The number of carboxylic acid groups (broad SMARTS) is 1. The summed E-state index contributed by atoms with van der Waals surface area (Å²) in [7, 11) is 0. The van der Waals surface area contributed by atoms with E-state index < -0.39 is 12.0 Å². The number of rotatable bonds is 6. The van der Waals surface area contributed by atoms with E-state index in [9.17, 15) is 14.4 Å². The Morgan fingerprint density at radius 1 is 1.10 bits per heavy atom. The molecule has 0 aromatic heterocycles. The zero-order chi connectivity index (χ0) is 15.2. The number of hydrogen-bond acceptors (Lipinski definition) is 4. The number of phenols is 1. The smallest absolute Gasteiger partial charge is 0.323 e. The minimum atomic E-state index is -1.27. The summed E-state index contributed by atoms with van der Waals surface area (Å²) in [4.78, 5) is 10.7. The zero-order valence-electron chi connectivity index (χ0n) is 11.0. The number of aliphatic carboxylic acids is 1. The number of halogens is 1. The fourth-order valence-electron chi connectivity index (χ4n) is 1.75. The van der Waals surface area contributed by atoms with Gasteiger partial charge in [-0.05, 0) is 42.0 Å². The molecule has 0 radical (unpaired) electrons. The molecule has 2 aromatic carbocycles. The lowest BCUT2D eigenvalue weighted by Gasteiger charge is -2.10. The molecule has 3 N–H and O–H groups in total. The van der Waals surface area contributed by atoms with Gasteiger partial charge >= 0.3 is 5.97 Å². The molecule has 0 aliphatic carbocycles. The standard InChI is InChI=1S/C15H14FNO4/c16-17-14(15(19)20)9-10-1-5-12(6-2-10)21-13-7-3-11(18)4-8-13/h1-8,14,17-18H,9H2,(H,19,20)/t14-/m0/s1. The van der Waals surface area contributed by atoms with Crippen LogP contribution in [0.1, 0.15) is 5.56 Å². The van der Waals surface area contributed by atoms with Crippen molar-refractivity contribution in [2.24, 2.45) is 0 Å². The van der Waals surface area contributed by atoms with Crippen molar-refractivity contribution in [2.75, 3.05) is 0 Å². The van der Waals surface area contributed by atoms with Crippen LogP contribution >= 0.6 is 0 Å². The van der Waals surface area contributed by atoms with Crippen LogP contribution in [0.15, 0.2) is 48.5 Å². The predicted octanol–water partition coefficient (Wildman–Crippen LogP) is 2.65. The van der Waals surface area contributed by atoms with E-state index >= 15 is 0 Å². The molecule has 1 atom stereocenters. The monoisotopic (exact) mass is 291 g/mol. The number of ether oxygens (including phenoxy) is 1. The Morgan fingerprint density at radius 3 is 2.10 bits per heavy atom. The summed E-state index contributed by atoms with van der Waals surface area (Å²) in [6.45, 7) is 0. The second kappa shape index (κ2) is 6.71. The average molecular weight is 291 g/mol. The van der Waals surface area contributed by atoms with Crippen molar-refractivity contribution >= 4 is 5.97 Å². The Labute approximate surface area is 120 Å². The van der Waals surface area contributed by atoms with Gasteiger partial charge in [-0.15, -0.1) is 10.0 Å². The van der Waals surface area contributed by atoms with Crippen LogP contribution in [-0.2, 0) is 11.2 Å². The molecule has 0 amide bonds. The number of nitrogens with one attached hydrogen (secondary N) is 1. The molecule has 5 nitrogen and oxygen atoms in total. The first kappa shape index (κ1) is 14.8. The van der Waals surface area contributed by atoms with Crippen molar-refractivity contribution in [3.63, 3.8) is 0 Å². The maximum Gasteiger partial charge on any atom is 0.323 e. The number of aromatic hydroxyl groups is 1. The minimum absolute atomic E-state index is 0.0331. The first-order valence-corrected chi connectivity index (χ1v) is 6.23. The van der Waals surface area contributed by atoms with E-state index in [4.69, 9.17) is 9.84 Å². The number of hydrogen-bond donors (Lipinski definition) is 3. The van der Waals surface area contributed by atoms with E-state index in [1.54, 1.807) is 36.4 Å². The summed E-state index contributed by atoms with van der Waals surface area (Å²) in [5.41, 5.74) is 1.93. The Hall–Kier alpha value is -2.60. The van der Waals surface area contributed by atoms with Gasteiger partial charge in [-0.2, -0.15) is 0 Å². The Kier molecular flexibility index (Phi) is 4.73. The average Bonchev–Trinajstić information content (AvgIpc) is 2.48. The SMILES string of the molecule is O=C(O)[C@H](Cc1ccc(Oc2ccc(O)cc2)cc1)NF. The molecule has 0 saturated heterocycles. The Morgan fingerprint density at radius 2 is 1.62 bits per heavy atom. The molecule has 0 aliphatic heterocycles. The molecule has 0 spiro atoms. The summed E-state index contributed by atoms with van der Waals surface area (Å²) >= 11 is 0. The van der Waals surface area contributed by atoms with Gasteiger partial charge in [0.2, 0.25) is 0 Å². The largest absolute Gasteiger partial charge is 0.508 e. The number of carboxylic acids is 1. The molecule has 2 aromatic rings. The second-order valence-corrected chi connectivity index (χ2v) is 4.44. The number of carbonyl (C=O) groups is 1. The summed E-state index contributed by atoms with van der Waals surface area (Å²) in [6.07, 6.45) is 0.0331. The zero-order valence-corrected chi connectivity index (χ0v) is 11.0. The predicted molar refractivity (Wildman–Crippen MR) is 74.0 cm³/mol. The first-order chi connectivity index (χ1) is 10.1. The molecule has 0 fully saturated rings. The lowest BCUT2D eigenvalue weighted by atomic mass is 10.1. The molecule has 0 unspecified atom stereocenters. The van der Waals surface area contributed by atoms with Crippen LogP contribution in [0.5, 0.6) is 17.2 Å². The van der Waals surface area contributed by atoms with Gasteiger partial charge < -0.3 is 14.9 Å². The van der Waals surface area contributed by atoms with Crippen molar-refractivity contribution in [3.8, 4) is 17.2 Å². The van der Waals surface area contributed by atoms with Gasteiger partial charge in [0.05, 0.1) is 0 Å². The van der Waals surface area contributed by atoms with Gasteiger partial charge in [-0.25, -0.2) is 0 Å². The summed E-state index contributed by atoms with van der Waals surface area (Å²) in [5, 5.41) is 17.9. The van der Waals surface area contributed by atoms with Crippen LogP contribution in [0, 0.1) is 0 Å². The van der Waals surface area contributed by atoms with Gasteiger partial charge in [-0.3, -0.25) is 4.79 Å². The fourth-order valence-corrected chi connectivity index (χ4v) is 1.75. The van der Waals surface area contributed by atoms with Gasteiger partial charge in [0.1, 0.15) is 23.3 Å². The molecule has 6 heteroatoms. The quantitative estimate of drug-likeness (QED) is 0.713. The molecular formula is C15H14FNO4. The molecule has 2 rings (SSSR count). The minimum Gasteiger partial charge on any atom is -0.508 e. The normalized spacial score (nSPS) is 11.9. The van der Waals surface area contributed by atoms with Crippen LogP contribution in [0.2, 0.25) is 0 Å². The van der Waals surface area contributed by atoms with Crippen molar-refractivity contribution in [1.82, 2.24) is 5.54 Å². The number of phenolic OH excluding ortho intramolecular Hbond substituents is 1. The third-order valence-electron chi connectivity index (χ3n) is 2.87. The highest BCUT2D eigenvalue weighted by molar-refractivity contribution is 5.73. The van der Waals surface area contributed by atoms with E-state index in [1.807, 2.05) is 0 Å². The highest BCUT2D eigenvalue weighted by Gasteiger charge is 2.17. The Bertz CT molecular complexity index is 598. The van der Waals surface area contributed by atoms with Crippen LogP contribution in [0.3, 0.4) is 0 Å². The fraction of sp³-hybridized carbons (Fsp3) is 0.133. The van der Waals surface area contributed by atoms with E-state index in [0.717, 1.165) is 0 Å². The lowest BCUT2D eigenvalue weighted by molar-refractivity contribution is -0.140. The molecule has 0 bridgehead atoms. The van der Waals surface area contributed by atoms with Gasteiger partial charge in [0.25, 0.3) is 0 Å². The van der Waals surface area contributed by atoms with Crippen LogP contribution in [-0.4, -0.2) is 22.2 Å². The third-order valence-corrected chi connectivity index (χ3v) is 2.87. The second-order valence-electron chi connectivity index (χ2n) is 4.44. The molecule has 0 heterocycles. The van der Waals surface area contributed by atoms with Gasteiger partial charge in [0, 0.05) is 6.42 Å². The van der Waals surface area contributed by atoms with Crippen LogP contribution in [0.4, 0.5) is 4.48 Å². The summed E-state index contributed by atoms with van der Waals surface area (Å²) < 4.78 is 17.9. The van der Waals surface area contributed by atoms with Crippen LogP contribution < -0.4 is 10.3 Å². The third kappa shape index (κ3) is 4.19. The molecule has 0 saturated carbocycles. The van der Waals surface area contributed by atoms with Gasteiger partial charge in [0.15, 0.2) is 0 Å². The first-order valence-electron chi connectivity index (χ1n) is 6.23. The lowest BCUT2D eigenvalue weighted by Crippen LogP contribution is -2.33. The highest BCUT2D eigenvalue weighted by Crippen LogP contribution is 2.23. The maximum absolute atomic E-state index is 12.3. The van der Waals surface area contributed by atoms with E-state index in [0.29, 0.717) is 17.1 Å². The molecule has 21 heavy (non-hydrogen) atoms. The molecule has 110 valence electrons.